The number of hydrogen-bond donors (Lipinski definition) is 2. The second-order valence-corrected chi connectivity index (χ2v) is 23.0. The lowest BCUT2D eigenvalue weighted by atomic mass is 9.63. The van der Waals surface area contributed by atoms with E-state index >= 15 is 0 Å². The summed E-state index contributed by atoms with van der Waals surface area (Å²) in [6.07, 6.45) is 58.8. The van der Waals surface area contributed by atoms with Crippen LogP contribution in [0.25, 0.3) is 0 Å². The van der Waals surface area contributed by atoms with Crippen molar-refractivity contribution in [3.8, 4) is 0 Å². The quantitative estimate of drug-likeness (QED) is 0.272. The Kier molecular flexibility index (Phi) is 10.6. The molecule has 4 heterocycles. The fourth-order valence-electron chi connectivity index (χ4n) is 18.2. The predicted molar refractivity (Wildman–Crippen MR) is 239 cm³/mol. The summed E-state index contributed by atoms with van der Waals surface area (Å²) in [6, 6.07) is 4.35. The Morgan fingerprint density at radius 1 is 0.448 bits per heavy atom. The summed E-state index contributed by atoms with van der Waals surface area (Å²) >= 11 is 0. The van der Waals surface area contributed by atoms with Crippen LogP contribution < -0.4 is 10.6 Å². The lowest BCUT2D eigenvalue weighted by molar-refractivity contribution is -0.0145. The Hall–Kier alpha value is -1.46. The van der Waals surface area contributed by atoms with E-state index in [1.54, 1.807) is 0 Å². The van der Waals surface area contributed by atoms with Gasteiger partial charge in [0.25, 0.3) is 0 Å². The average Bonchev–Trinajstić information content (AvgIpc) is 3.92. The van der Waals surface area contributed by atoms with E-state index in [4.69, 9.17) is 0 Å². The molecule has 0 aromatic rings. The van der Waals surface area contributed by atoms with Gasteiger partial charge >= 0.3 is 0 Å². The van der Waals surface area contributed by atoms with Crippen LogP contribution in [0.5, 0.6) is 0 Å². The standard InChI is InChI=1S/C54H80N4/c1-34-40-18-7-8-22-47(40)54(55-34)58-50-25-12-10-21-44(50)46-29-27-38(32-52(46)58)37-26-28-45-43-20-9-11-24-49(43)57(51(45)31-37)53-33-39(30-48(56-53)36-15-3-2-4-16-36)42-23-13-17-35-14-5-6-19-41(35)42/h5,8-9,12-14,20,22-23,25,34-56H,2-4,6-7,10-11,15-19,21,24,26-33H2,1H3. The van der Waals surface area contributed by atoms with E-state index in [0.717, 1.165) is 95.2 Å². The Labute approximate surface area is 353 Å². The molecule has 12 rings (SSSR count). The van der Waals surface area contributed by atoms with Crippen LogP contribution in [0, 0.1) is 76.9 Å². The summed E-state index contributed by atoms with van der Waals surface area (Å²) in [5.41, 5.74) is 0. The number of likely N-dealkylation sites (tertiary alicyclic amines) is 2. The molecule has 20 unspecified atom stereocenters. The van der Waals surface area contributed by atoms with Crippen molar-refractivity contribution in [3.63, 3.8) is 0 Å². The lowest BCUT2D eigenvalue weighted by Crippen LogP contribution is -2.61. The molecule has 0 amide bonds. The van der Waals surface area contributed by atoms with E-state index < -0.39 is 0 Å². The zero-order valence-electron chi connectivity index (χ0n) is 36.3. The van der Waals surface area contributed by atoms with E-state index in [9.17, 15) is 0 Å². The van der Waals surface area contributed by atoms with Crippen LogP contribution in [0.4, 0.5) is 0 Å². The van der Waals surface area contributed by atoms with Gasteiger partial charge in [-0.2, -0.15) is 0 Å². The number of allylic oxidation sites excluding steroid dienone is 7. The van der Waals surface area contributed by atoms with Crippen LogP contribution in [0.15, 0.2) is 60.8 Å². The molecule has 0 radical (unpaired) electrons. The highest BCUT2D eigenvalue weighted by molar-refractivity contribution is 5.20. The summed E-state index contributed by atoms with van der Waals surface area (Å²) in [4.78, 5) is 6.45. The van der Waals surface area contributed by atoms with Crippen LogP contribution >= 0.6 is 0 Å². The number of piperidine rings is 1. The monoisotopic (exact) mass is 785 g/mol. The van der Waals surface area contributed by atoms with Crippen molar-refractivity contribution in [1.29, 1.82) is 0 Å². The van der Waals surface area contributed by atoms with Gasteiger partial charge in [-0.3, -0.25) is 20.4 Å². The van der Waals surface area contributed by atoms with E-state index in [1.165, 1.54) is 141 Å². The number of nitrogens with zero attached hydrogens (tertiary/aromatic N) is 2. The maximum atomic E-state index is 4.63. The number of fused-ring (bicyclic) bond motifs is 8. The van der Waals surface area contributed by atoms with Crippen molar-refractivity contribution >= 4 is 0 Å². The summed E-state index contributed by atoms with van der Waals surface area (Å²) in [5.74, 6) is 11.0. The Morgan fingerprint density at radius 2 is 1.14 bits per heavy atom. The minimum Gasteiger partial charge on any atom is -0.299 e. The average molecular weight is 785 g/mol. The first-order valence-corrected chi connectivity index (χ1v) is 26.1. The maximum absolute atomic E-state index is 4.63. The highest BCUT2D eigenvalue weighted by Crippen LogP contribution is 2.57. The third-order valence-corrected chi connectivity index (χ3v) is 20.6. The van der Waals surface area contributed by atoms with Crippen molar-refractivity contribution in [2.75, 3.05) is 0 Å². The van der Waals surface area contributed by atoms with Gasteiger partial charge in [-0.05, 0) is 200 Å². The molecule has 3 saturated carbocycles. The molecule has 0 spiro atoms. The molecule has 7 fully saturated rings. The SMILES string of the molecule is CC1NC(N2C3C=CCCC3C3CCC(C4CCC5C6C=CCCC6N(C6CC(C7C=CCC8C=CCCC87)CC(C7CCCCC7)N6)C5C4)CC32)C2C=CCCC12. The molecule has 316 valence electrons. The topological polar surface area (TPSA) is 30.5 Å². The fraction of sp³-hybridized carbons (Fsp3) is 0.815. The van der Waals surface area contributed by atoms with E-state index in [0.29, 0.717) is 30.3 Å². The lowest BCUT2D eigenvalue weighted by Gasteiger charge is -2.52. The molecule has 4 heteroatoms. The molecule has 8 aliphatic carbocycles. The highest BCUT2D eigenvalue weighted by Gasteiger charge is 2.59. The molecular formula is C54H80N4. The molecule has 4 saturated heterocycles. The summed E-state index contributed by atoms with van der Waals surface area (Å²) < 4.78 is 0. The highest BCUT2D eigenvalue weighted by atomic mass is 15.4. The predicted octanol–water partition coefficient (Wildman–Crippen LogP) is 11.2. The number of hydrogen-bond acceptors (Lipinski definition) is 4. The Balaban J connectivity index is 0.823. The molecule has 0 aromatic carbocycles. The van der Waals surface area contributed by atoms with Gasteiger partial charge in [-0.25, -0.2) is 0 Å². The normalized spacial score (nSPS) is 52.8. The van der Waals surface area contributed by atoms with Crippen molar-refractivity contribution in [3.05, 3.63) is 60.8 Å². The van der Waals surface area contributed by atoms with Crippen molar-refractivity contribution in [2.45, 2.75) is 197 Å². The van der Waals surface area contributed by atoms with Crippen LogP contribution in [0.3, 0.4) is 0 Å². The third-order valence-electron chi connectivity index (χ3n) is 20.6. The first kappa shape index (κ1) is 38.2. The molecule has 20 atom stereocenters. The first-order chi connectivity index (χ1) is 28.7. The minimum absolute atomic E-state index is 0.540. The number of rotatable bonds is 5. The van der Waals surface area contributed by atoms with E-state index in [2.05, 4.69) is 88.1 Å². The van der Waals surface area contributed by atoms with Crippen LogP contribution in [-0.2, 0) is 0 Å². The van der Waals surface area contributed by atoms with Gasteiger partial charge in [0, 0.05) is 42.2 Å². The van der Waals surface area contributed by atoms with Gasteiger partial charge < -0.3 is 0 Å². The largest absolute Gasteiger partial charge is 0.299 e. The molecule has 4 aliphatic heterocycles. The molecule has 12 aliphatic rings. The van der Waals surface area contributed by atoms with Gasteiger partial charge in [0.15, 0.2) is 0 Å². The molecule has 58 heavy (non-hydrogen) atoms. The summed E-state index contributed by atoms with van der Waals surface area (Å²) in [7, 11) is 0. The second-order valence-electron chi connectivity index (χ2n) is 23.0. The van der Waals surface area contributed by atoms with Crippen molar-refractivity contribution in [1.82, 2.24) is 20.4 Å². The van der Waals surface area contributed by atoms with Crippen LogP contribution in [0.1, 0.15) is 148 Å². The van der Waals surface area contributed by atoms with Gasteiger partial charge in [0.2, 0.25) is 0 Å². The Bertz CT molecular complexity index is 1620. The van der Waals surface area contributed by atoms with E-state index in [-0.39, 0.29) is 0 Å². The second kappa shape index (κ2) is 16.0. The van der Waals surface area contributed by atoms with Crippen LogP contribution in [0.2, 0.25) is 0 Å². The maximum Gasteiger partial charge on any atom is 0.0674 e. The third kappa shape index (κ3) is 6.55. The summed E-state index contributed by atoms with van der Waals surface area (Å²) in [6.45, 7) is 2.51. The zero-order valence-corrected chi connectivity index (χ0v) is 36.3. The molecule has 4 nitrogen and oxygen atoms in total. The van der Waals surface area contributed by atoms with Gasteiger partial charge in [0.05, 0.1) is 12.3 Å². The van der Waals surface area contributed by atoms with Gasteiger partial charge in [-0.1, -0.05) is 80.0 Å². The smallest absolute Gasteiger partial charge is 0.0674 e. The van der Waals surface area contributed by atoms with E-state index in [1.807, 2.05) is 0 Å². The number of nitrogens with one attached hydrogen (secondary N) is 2. The fourth-order valence-corrected chi connectivity index (χ4v) is 18.2. The molecule has 0 bridgehead atoms. The van der Waals surface area contributed by atoms with Crippen molar-refractivity contribution < 1.29 is 0 Å². The van der Waals surface area contributed by atoms with Gasteiger partial charge in [-0.15, -0.1) is 0 Å². The van der Waals surface area contributed by atoms with Gasteiger partial charge in [0.1, 0.15) is 0 Å². The van der Waals surface area contributed by atoms with Crippen LogP contribution in [-0.4, -0.2) is 58.4 Å². The molecular weight excluding hydrogens is 705 g/mol. The molecule has 0 aromatic heterocycles. The van der Waals surface area contributed by atoms with Crippen molar-refractivity contribution in [2.24, 2.45) is 76.9 Å². The Morgan fingerprint density at radius 3 is 1.98 bits per heavy atom. The zero-order chi connectivity index (χ0) is 38.3. The first-order valence-electron chi connectivity index (χ1n) is 26.1. The summed E-state index contributed by atoms with van der Waals surface area (Å²) in [5, 5.41) is 8.91. The molecule has 2 N–H and O–H groups in total. The minimum atomic E-state index is 0.540.